The van der Waals surface area contributed by atoms with Gasteiger partial charge in [0.2, 0.25) is 0 Å². The highest BCUT2D eigenvalue weighted by Crippen LogP contribution is 2.27. The molecule has 1 aromatic carbocycles. The molecule has 5 nitrogen and oxygen atoms in total. The van der Waals surface area contributed by atoms with Gasteiger partial charge in [-0.25, -0.2) is 0 Å². The molecule has 1 aromatic rings. The van der Waals surface area contributed by atoms with E-state index in [0.29, 0.717) is 6.61 Å². The van der Waals surface area contributed by atoms with Crippen molar-refractivity contribution in [2.45, 2.75) is 12.8 Å². The summed E-state index contributed by atoms with van der Waals surface area (Å²) in [6, 6.07) is 6.05. The average Bonchev–Trinajstić information content (AvgIpc) is 2.34. The Labute approximate surface area is 107 Å². The molecule has 0 atom stereocenters. The Hall–Kier alpha value is -1.61. The van der Waals surface area contributed by atoms with Crippen LogP contribution in [-0.4, -0.2) is 16.9 Å². The van der Waals surface area contributed by atoms with Crippen molar-refractivity contribution in [3.8, 4) is 11.8 Å². The summed E-state index contributed by atoms with van der Waals surface area (Å²) in [5.74, 6) is 0.212. The predicted molar refractivity (Wildman–Crippen MR) is 66.3 cm³/mol. The fraction of sp³-hybridized carbons (Fsp3) is 0.364. The first kappa shape index (κ1) is 13.5. The summed E-state index contributed by atoms with van der Waals surface area (Å²) >= 11 is 3.29. The Bertz CT molecular complexity index is 443. The number of unbranched alkanes of at least 4 members (excludes halogenated alkanes) is 1. The van der Waals surface area contributed by atoms with Crippen LogP contribution in [-0.2, 0) is 0 Å². The van der Waals surface area contributed by atoms with Crippen LogP contribution in [0, 0.1) is 21.4 Å². The lowest BCUT2D eigenvalue weighted by molar-refractivity contribution is -0.385. The van der Waals surface area contributed by atoms with E-state index in [-0.39, 0.29) is 17.0 Å². The largest absolute Gasteiger partial charge is 0.487 e. The van der Waals surface area contributed by atoms with Crippen LogP contribution < -0.4 is 4.74 Å². The van der Waals surface area contributed by atoms with Crippen molar-refractivity contribution >= 4 is 21.6 Å². The fourth-order valence-electron chi connectivity index (χ4n) is 1.23. The third kappa shape index (κ3) is 4.04. The fourth-order valence-corrected chi connectivity index (χ4v) is 1.63. The molecule has 0 unspecified atom stereocenters. The van der Waals surface area contributed by atoms with Gasteiger partial charge in [-0.3, -0.25) is 10.1 Å². The second kappa shape index (κ2) is 6.86. The summed E-state index contributed by atoms with van der Waals surface area (Å²) in [6.45, 7) is 0.429. The molecule has 6 heteroatoms. The van der Waals surface area contributed by atoms with Gasteiger partial charge >= 0.3 is 5.69 Å². The third-order valence-electron chi connectivity index (χ3n) is 2.07. The van der Waals surface area contributed by atoms with Gasteiger partial charge in [0, 0.05) is 11.4 Å². The minimum atomic E-state index is -0.541. The van der Waals surface area contributed by atoms with E-state index in [9.17, 15) is 10.1 Å². The van der Waals surface area contributed by atoms with Crippen molar-refractivity contribution in [2.75, 3.05) is 11.9 Å². The van der Waals surface area contributed by atoms with E-state index in [1.807, 2.05) is 6.07 Å². The Morgan fingerprint density at radius 3 is 2.82 bits per heavy atom. The van der Waals surface area contributed by atoms with Crippen LogP contribution in [0.4, 0.5) is 5.69 Å². The molecule has 0 saturated heterocycles. The standard InChI is InChI=1S/C11H11BrN2O3/c12-5-1-2-6-17-11-4-3-9(8-13)7-10(11)14(15)16/h3-4,7H,1-2,5-6H2. The number of halogens is 1. The van der Waals surface area contributed by atoms with E-state index in [1.165, 1.54) is 18.2 Å². The molecule has 1 rings (SSSR count). The maximum absolute atomic E-state index is 10.8. The Balaban J connectivity index is 2.77. The molecule has 0 aliphatic heterocycles. The van der Waals surface area contributed by atoms with Crippen LogP contribution in [0.5, 0.6) is 5.75 Å². The quantitative estimate of drug-likeness (QED) is 0.350. The summed E-state index contributed by atoms with van der Waals surface area (Å²) < 4.78 is 5.33. The molecule has 0 spiro atoms. The molecular weight excluding hydrogens is 288 g/mol. The molecule has 0 bridgehead atoms. The molecule has 0 N–H and O–H groups in total. The lowest BCUT2D eigenvalue weighted by Crippen LogP contribution is -2.01. The van der Waals surface area contributed by atoms with Crippen molar-refractivity contribution in [2.24, 2.45) is 0 Å². The topological polar surface area (TPSA) is 76.2 Å². The Morgan fingerprint density at radius 1 is 1.47 bits per heavy atom. The number of hydrogen-bond acceptors (Lipinski definition) is 4. The van der Waals surface area contributed by atoms with E-state index in [0.717, 1.165) is 18.2 Å². The number of nitriles is 1. The van der Waals surface area contributed by atoms with Crippen molar-refractivity contribution < 1.29 is 9.66 Å². The molecular formula is C11H11BrN2O3. The molecule has 0 saturated carbocycles. The molecule has 17 heavy (non-hydrogen) atoms. The van der Waals surface area contributed by atoms with Gasteiger partial charge in [0.1, 0.15) is 0 Å². The third-order valence-corrected chi connectivity index (χ3v) is 2.63. The zero-order valence-corrected chi connectivity index (χ0v) is 10.6. The van der Waals surface area contributed by atoms with Gasteiger partial charge in [-0.05, 0) is 25.0 Å². The van der Waals surface area contributed by atoms with Gasteiger partial charge in [0.25, 0.3) is 0 Å². The van der Waals surface area contributed by atoms with E-state index in [1.54, 1.807) is 0 Å². The maximum atomic E-state index is 10.8. The zero-order chi connectivity index (χ0) is 12.7. The SMILES string of the molecule is N#Cc1ccc(OCCCCBr)c([N+](=O)[O-])c1. The molecule has 0 fully saturated rings. The Morgan fingerprint density at radius 2 is 2.24 bits per heavy atom. The van der Waals surface area contributed by atoms with Crippen LogP contribution in [0.3, 0.4) is 0 Å². The zero-order valence-electron chi connectivity index (χ0n) is 9.06. The number of alkyl halides is 1. The summed E-state index contributed by atoms with van der Waals surface area (Å²) in [5, 5.41) is 20.3. The summed E-state index contributed by atoms with van der Waals surface area (Å²) in [5.41, 5.74) is 0.0902. The molecule has 0 aliphatic rings. The smallest absolute Gasteiger partial charge is 0.312 e. The van der Waals surface area contributed by atoms with E-state index < -0.39 is 4.92 Å². The molecule has 0 amide bonds. The molecule has 90 valence electrons. The van der Waals surface area contributed by atoms with Gasteiger partial charge in [-0.1, -0.05) is 15.9 Å². The van der Waals surface area contributed by atoms with Gasteiger partial charge in [0.05, 0.1) is 23.2 Å². The van der Waals surface area contributed by atoms with Gasteiger partial charge in [0.15, 0.2) is 5.75 Å². The van der Waals surface area contributed by atoms with Gasteiger partial charge in [-0.2, -0.15) is 5.26 Å². The monoisotopic (exact) mass is 298 g/mol. The number of nitrogens with zero attached hydrogens (tertiary/aromatic N) is 2. The summed E-state index contributed by atoms with van der Waals surface area (Å²) in [7, 11) is 0. The maximum Gasteiger partial charge on any atom is 0.312 e. The minimum Gasteiger partial charge on any atom is -0.487 e. The van der Waals surface area contributed by atoms with E-state index in [4.69, 9.17) is 10.00 Å². The van der Waals surface area contributed by atoms with Crippen molar-refractivity contribution in [1.82, 2.24) is 0 Å². The van der Waals surface area contributed by atoms with Gasteiger partial charge < -0.3 is 4.74 Å². The number of rotatable bonds is 6. The van der Waals surface area contributed by atoms with Crippen molar-refractivity contribution in [3.05, 3.63) is 33.9 Å². The number of hydrogen-bond donors (Lipinski definition) is 0. The molecule has 0 aliphatic carbocycles. The lowest BCUT2D eigenvalue weighted by atomic mass is 10.2. The highest BCUT2D eigenvalue weighted by Gasteiger charge is 2.15. The predicted octanol–water partition coefficient (Wildman–Crippen LogP) is 3.02. The van der Waals surface area contributed by atoms with Crippen LogP contribution in [0.25, 0.3) is 0 Å². The molecule has 0 radical (unpaired) electrons. The minimum absolute atomic E-state index is 0.164. The molecule has 0 aromatic heterocycles. The van der Waals surface area contributed by atoms with E-state index in [2.05, 4.69) is 15.9 Å². The first-order valence-corrected chi connectivity index (χ1v) is 6.18. The van der Waals surface area contributed by atoms with Crippen LogP contribution in [0.15, 0.2) is 18.2 Å². The average molecular weight is 299 g/mol. The lowest BCUT2D eigenvalue weighted by Gasteiger charge is -2.06. The summed E-state index contributed by atoms with van der Waals surface area (Å²) in [6.07, 6.45) is 1.77. The first-order chi connectivity index (χ1) is 8.19. The number of nitro benzene ring substituents is 1. The number of benzene rings is 1. The van der Waals surface area contributed by atoms with Crippen LogP contribution >= 0.6 is 15.9 Å². The highest BCUT2D eigenvalue weighted by atomic mass is 79.9. The second-order valence-corrected chi connectivity index (χ2v) is 4.09. The number of nitro groups is 1. The molecule has 0 heterocycles. The first-order valence-electron chi connectivity index (χ1n) is 5.06. The second-order valence-electron chi connectivity index (χ2n) is 3.30. The Kier molecular flexibility index (Phi) is 5.43. The van der Waals surface area contributed by atoms with Crippen molar-refractivity contribution in [1.29, 1.82) is 5.26 Å². The van der Waals surface area contributed by atoms with Crippen molar-refractivity contribution in [3.63, 3.8) is 0 Å². The van der Waals surface area contributed by atoms with E-state index >= 15 is 0 Å². The van der Waals surface area contributed by atoms with Crippen LogP contribution in [0.2, 0.25) is 0 Å². The van der Waals surface area contributed by atoms with Crippen LogP contribution in [0.1, 0.15) is 18.4 Å². The normalized spacial score (nSPS) is 9.65. The highest BCUT2D eigenvalue weighted by molar-refractivity contribution is 9.09. The number of ether oxygens (including phenoxy) is 1. The van der Waals surface area contributed by atoms with Gasteiger partial charge in [-0.15, -0.1) is 0 Å². The summed E-state index contributed by atoms with van der Waals surface area (Å²) in [4.78, 5) is 10.2.